The van der Waals surface area contributed by atoms with E-state index >= 15 is 0 Å². The number of carbonyl (C=O) groups excluding carboxylic acids is 1. The van der Waals surface area contributed by atoms with Gasteiger partial charge < -0.3 is 20.6 Å². The molecule has 0 saturated carbocycles. The van der Waals surface area contributed by atoms with Gasteiger partial charge in [0.2, 0.25) is 11.1 Å². The second kappa shape index (κ2) is 8.39. The Morgan fingerprint density at radius 1 is 1.17 bits per heavy atom. The number of fused-ring (bicyclic) bond motifs is 1. The van der Waals surface area contributed by atoms with Crippen LogP contribution in [0.2, 0.25) is 0 Å². The molecule has 4 rings (SSSR count). The van der Waals surface area contributed by atoms with Crippen LogP contribution in [0.25, 0.3) is 0 Å². The topological polar surface area (TPSA) is 104 Å². The lowest BCUT2D eigenvalue weighted by molar-refractivity contribution is -0.113. The van der Waals surface area contributed by atoms with Crippen LogP contribution in [-0.2, 0) is 11.2 Å². The molecule has 3 aromatic rings. The van der Waals surface area contributed by atoms with Gasteiger partial charge in [0, 0.05) is 18.2 Å². The van der Waals surface area contributed by atoms with Gasteiger partial charge in [-0.1, -0.05) is 30.0 Å². The number of hydrogen-bond donors (Lipinski definition) is 2. The monoisotopic (exact) mass is 415 g/mol. The SMILES string of the molecule is Nn1c(Cc2ccccc2F)nnc1SCC(=O)Nc1ccc2c(c1)OCCO2. The number of hydrogen-bond acceptors (Lipinski definition) is 7. The molecule has 0 saturated heterocycles. The van der Waals surface area contributed by atoms with Crippen LogP contribution in [0, 0.1) is 5.82 Å². The molecule has 0 fully saturated rings. The minimum atomic E-state index is -0.330. The summed E-state index contributed by atoms with van der Waals surface area (Å²) in [4.78, 5) is 12.3. The molecule has 3 N–H and O–H groups in total. The van der Waals surface area contributed by atoms with E-state index in [0.717, 1.165) is 11.8 Å². The van der Waals surface area contributed by atoms with E-state index < -0.39 is 0 Å². The molecule has 150 valence electrons. The molecule has 1 aromatic heterocycles. The van der Waals surface area contributed by atoms with Crippen LogP contribution in [0.3, 0.4) is 0 Å². The Morgan fingerprint density at radius 3 is 2.79 bits per heavy atom. The summed E-state index contributed by atoms with van der Waals surface area (Å²) in [6, 6.07) is 11.6. The van der Waals surface area contributed by atoms with E-state index in [-0.39, 0.29) is 23.9 Å². The van der Waals surface area contributed by atoms with E-state index in [1.54, 1.807) is 36.4 Å². The number of rotatable bonds is 6. The largest absolute Gasteiger partial charge is 0.486 e. The van der Waals surface area contributed by atoms with Crippen LogP contribution >= 0.6 is 11.8 Å². The van der Waals surface area contributed by atoms with Crippen LogP contribution in [-0.4, -0.2) is 39.7 Å². The Kier molecular flexibility index (Phi) is 5.52. The molecule has 1 amide bonds. The minimum absolute atomic E-state index is 0.0868. The number of thioether (sulfide) groups is 1. The molecule has 1 aliphatic heterocycles. The van der Waals surface area contributed by atoms with Crippen molar-refractivity contribution in [3.05, 3.63) is 59.7 Å². The van der Waals surface area contributed by atoms with Crippen molar-refractivity contribution in [1.29, 1.82) is 0 Å². The number of nitrogens with one attached hydrogen (secondary N) is 1. The average Bonchev–Trinajstić information content (AvgIpc) is 3.07. The standard InChI is InChI=1S/C19H18FN5O3S/c20-14-4-2-1-3-12(14)9-17-23-24-19(25(17)21)29-11-18(26)22-13-5-6-15-16(10-13)28-8-7-27-15/h1-6,10H,7-9,11,21H2,(H,22,26). The highest BCUT2D eigenvalue weighted by atomic mass is 32.2. The van der Waals surface area contributed by atoms with Gasteiger partial charge in [-0.3, -0.25) is 4.79 Å². The molecule has 0 bridgehead atoms. The maximum absolute atomic E-state index is 13.8. The number of nitrogen functional groups attached to an aromatic ring is 1. The lowest BCUT2D eigenvalue weighted by Gasteiger charge is -2.18. The summed E-state index contributed by atoms with van der Waals surface area (Å²) in [5.41, 5.74) is 1.08. The normalized spacial score (nSPS) is 12.6. The highest BCUT2D eigenvalue weighted by molar-refractivity contribution is 7.99. The first-order valence-electron chi connectivity index (χ1n) is 8.85. The number of nitrogens with zero attached hydrogens (tertiary/aromatic N) is 3. The predicted molar refractivity (Wildman–Crippen MR) is 106 cm³/mol. The van der Waals surface area contributed by atoms with E-state index in [9.17, 15) is 9.18 Å². The molecule has 0 aliphatic carbocycles. The first-order valence-corrected chi connectivity index (χ1v) is 9.84. The molecule has 0 spiro atoms. The van der Waals surface area contributed by atoms with Gasteiger partial charge in [-0.05, 0) is 23.8 Å². The summed E-state index contributed by atoms with van der Waals surface area (Å²) < 4.78 is 26.0. The molecule has 29 heavy (non-hydrogen) atoms. The zero-order valence-corrected chi connectivity index (χ0v) is 16.1. The number of amides is 1. The van der Waals surface area contributed by atoms with Crippen molar-refractivity contribution in [3.63, 3.8) is 0 Å². The van der Waals surface area contributed by atoms with Gasteiger partial charge in [-0.25, -0.2) is 9.07 Å². The second-order valence-electron chi connectivity index (χ2n) is 6.23. The number of nitrogens with two attached hydrogens (primary N) is 1. The fraction of sp³-hybridized carbons (Fsp3) is 0.211. The van der Waals surface area contributed by atoms with Crippen molar-refractivity contribution in [2.75, 3.05) is 30.1 Å². The zero-order valence-electron chi connectivity index (χ0n) is 15.3. The summed E-state index contributed by atoms with van der Waals surface area (Å²) in [5, 5.41) is 11.2. The average molecular weight is 415 g/mol. The Labute approximate surface area is 170 Å². The van der Waals surface area contributed by atoms with Crippen molar-refractivity contribution in [1.82, 2.24) is 14.9 Å². The van der Waals surface area contributed by atoms with Gasteiger partial charge in [0.25, 0.3) is 0 Å². The van der Waals surface area contributed by atoms with Crippen molar-refractivity contribution in [2.45, 2.75) is 11.6 Å². The summed E-state index contributed by atoms with van der Waals surface area (Å²) in [6.07, 6.45) is 0.208. The van der Waals surface area contributed by atoms with Crippen molar-refractivity contribution in [3.8, 4) is 11.5 Å². The lowest BCUT2D eigenvalue weighted by Crippen LogP contribution is -2.18. The van der Waals surface area contributed by atoms with E-state index in [1.165, 1.54) is 10.7 Å². The van der Waals surface area contributed by atoms with Gasteiger partial charge in [-0.15, -0.1) is 10.2 Å². The molecule has 10 heteroatoms. The molecule has 1 aliphatic rings. The molecule has 2 heterocycles. The van der Waals surface area contributed by atoms with Gasteiger partial charge in [0.05, 0.1) is 5.75 Å². The molecule has 0 atom stereocenters. The number of halogens is 1. The summed E-state index contributed by atoms with van der Waals surface area (Å²) in [5.74, 6) is 7.19. The van der Waals surface area contributed by atoms with E-state index in [4.69, 9.17) is 15.3 Å². The number of aromatic nitrogens is 3. The van der Waals surface area contributed by atoms with E-state index in [2.05, 4.69) is 15.5 Å². The number of benzene rings is 2. The Hall–Kier alpha value is -3.27. The van der Waals surface area contributed by atoms with Crippen molar-refractivity contribution < 1.29 is 18.7 Å². The molecular formula is C19H18FN5O3S. The fourth-order valence-electron chi connectivity index (χ4n) is 2.79. The third-order valence-electron chi connectivity index (χ3n) is 4.20. The van der Waals surface area contributed by atoms with E-state index in [0.29, 0.717) is 46.9 Å². The second-order valence-corrected chi connectivity index (χ2v) is 7.17. The van der Waals surface area contributed by atoms with Crippen molar-refractivity contribution >= 4 is 23.4 Å². The molecule has 8 nitrogen and oxygen atoms in total. The van der Waals surface area contributed by atoms with Crippen LogP contribution < -0.4 is 20.6 Å². The number of ether oxygens (including phenoxy) is 2. The van der Waals surface area contributed by atoms with Gasteiger partial charge in [0.1, 0.15) is 19.0 Å². The molecule has 0 radical (unpaired) electrons. The minimum Gasteiger partial charge on any atom is -0.486 e. The van der Waals surface area contributed by atoms with Gasteiger partial charge >= 0.3 is 0 Å². The molecule has 2 aromatic carbocycles. The highest BCUT2D eigenvalue weighted by Crippen LogP contribution is 2.32. The first-order chi connectivity index (χ1) is 14.1. The van der Waals surface area contributed by atoms with Crippen LogP contribution in [0.15, 0.2) is 47.6 Å². The Morgan fingerprint density at radius 2 is 1.97 bits per heavy atom. The smallest absolute Gasteiger partial charge is 0.234 e. The third-order valence-corrected chi connectivity index (χ3v) is 5.14. The van der Waals surface area contributed by atoms with Crippen LogP contribution in [0.4, 0.5) is 10.1 Å². The maximum atomic E-state index is 13.8. The lowest BCUT2D eigenvalue weighted by atomic mass is 10.1. The first kappa shape index (κ1) is 19.1. The zero-order chi connectivity index (χ0) is 20.2. The maximum Gasteiger partial charge on any atom is 0.234 e. The van der Waals surface area contributed by atoms with Crippen LogP contribution in [0.5, 0.6) is 11.5 Å². The fourth-order valence-corrected chi connectivity index (χ4v) is 3.46. The van der Waals surface area contributed by atoms with E-state index in [1.807, 2.05) is 0 Å². The third kappa shape index (κ3) is 4.43. The van der Waals surface area contributed by atoms with Gasteiger partial charge in [-0.2, -0.15) is 0 Å². The van der Waals surface area contributed by atoms with Crippen molar-refractivity contribution in [2.24, 2.45) is 0 Å². The predicted octanol–water partition coefficient (Wildman–Crippen LogP) is 2.22. The number of anilines is 1. The number of carbonyl (C=O) groups is 1. The Bertz CT molecular complexity index is 1040. The Balaban J connectivity index is 1.35. The summed E-state index contributed by atoms with van der Waals surface area (Å²) in [7, 11) is 0. The highest BCUT2D eigenvalue weighted by Gasteiger charge is 2.16. The quantitative estimate of drug-likeness (QED) is 0.470. The van der Waals surface area contributed by atoms with Gasteiger partial charge in [0.15, 0.2) is 17.3 Å². The summed E-state index contributed by atoms with van der Waals surface area (Å²) in [6.45, 7) is 0.982. The van der Waals surface area contributed by atoms with Crippen LogP contribution in [0.1, 0.15) is 11.4 Å². The molecular weight excluding hydrogens is 397 g/mol. The summed E-state index contributed by atoms with van der Waals surface area (Å²) >= 11 is 1.14. The molecule has 0 unspecified atom stereocenters.